The molecule has 0 aliphatic heterocycles. The van der Waals surface area contributed by atoms with Gasteiger partial charge in [-0.15, -0.1) is 11.3 Å². The zero-order chi connectivity index (χ0) is 18.5. The van der Waals surface area contributed by atoms with E-state index in [9.17, 15) is 0 Å². The monoisotopic (exact) mass is 431 g/mol. The Balaban J connectivity index is 2.09. The van der Waals surface area contributed by atoms with Gasteiger partial charge >= 0.3 is 0 Å². The van der Waals surface area contributed by atoms with Crippen LogP contribution in [0.1, 0.15) is 5.56 Å². The highest BCUT2D eigenvalue weighted by molar-refractivity contribution is 9.10. The van der Waals surface area contributed by atoms with Gasteiger partial charge in [-0.1, -0.05) is 28.1 Å². The van der Waals surface area contributed by atoms with Crippen molar-refractivity contribution in [1.29, 1.82) is 0 Å². The average Bonchev–Trinajstić information content (AvgIpc) is 3.08. The van der Waals surface area contributed by atoms with Crippen molar-refractivity contribution in [2.24, 2.45) is 10.1 Å². The number of rotatable bonds is 5. The zero-order valence-electron chi connectivity index (χ0n) is 14.6. The second kappa shape index (κ2) is 8.33. The van der Waals surface area contributed by atoms with E-state index in [0.29, 0.717) is 0 Å². The Bertz CT molecular complexity index is 1010. The van der Waals surface area contributed by atoms with Crippen LogP contribution in [0.5, 0.6) is 11.5 Å². The molecule has 0 fully saturated rings. The van der Waals surface area contributed by atoms with Crippen LogP contribution in [0.4, 0.5) is 0 Å². The number of nitrogens with zero attached hydrogens (tertiary/aromatic N) is 3. The van der Waals surface area contributed by atoms with E-state index in [-0.39, 0.29) is 0 Å². The molecular weight excluding hydrogens is 414 g/mol. The Labute approximate surface area is 164 Å². The van der Waals surface area contributed by atoms with Gasteiger partial charge < -0.3 is 9.47 Å². The van der Waals surface area contributed by atoms with Gasteiger partial charge in [0.2, 0.25) is 4.80 Å². The first kappa shape index (κ1) is 18.4. The van der Waals surface area contributed by atoms with Crippen LogP contribution in [-0.2, 0) is 0 Å². The van der Waals surface area contributed by atoms with Crippen LogP contribution in [-0.4, -0.2) is 32.2 Å². The number of aromatic nitrogens is 1. The minimum atomic E-state index is 0.719. The van der Waals surface area contributed by atoms with Gasteiger partial charge in [0.05, 0.1) is 26.1 Å². The highest BCUT2D eigenvalue weighted by atomic mass is 79.9. The van der Waals surface area contributed by atoms with E-state index in [0.717, 1.165) is 37.6 Å². The Morgan fingerprint density at radius 1 is 1.12 bits per heavy atom. The van der Waals surface area contributed by atoms with E-state index in [1.165, 1.54) is 11.3 Å². The number of benzene rings is 2. The van der Waals surface area contributed by atoms with Crippen LogP contribution in [0.25, 0.3) is 11.3 Å². The molecule has 0 spiro atoms. The Morgan fingerprint density at radius 2 is 1.96 bits per heavy atom. The molecule has 2 aromatic carbocycles. The standard InChI is InChI=1S/C19H18BrN3O2S/c1-21-19-23(22-11-13-5-4-6-14(20)9-13)17(12-26-19)16-8-7-15(24-2)10-18(16)25-3/h4-12H,1-3H3. The molecule has 0 unspecified atom stereocenters. The van der Waals surface area contributed by atoms with Crippen molar-refractivity contribution in [3.05, 3.63) is 62.7 Å². The van der Waals surface area contributed by atoms with Crippen molar-refractivity contribution in [2.45, 2.75) is 0 Å². The summed E-state index contributed by atoms with van der Waals surface area (Å²) < 4.78 is 13.6. The van der Waals surface area contributed by atoms with Gasteiger partial charge in [-0.2, -0.15) is 5.10 Å². The van der Waals surface area contributed by atoms with Gasteiger partial charge in [-0.25, -0.2) is 4.68 Å². The summed E-state index contributed by atoms with van der Waals surface area (Å²) >= 11 is 5.00. The van der Waals surface area contributed by atoms with Gasteiger partial charge in [0, 0.05) is 28.5 Å². The zero-order valence-corrected chi connectivity index (χ0v) is 17.0. The van der Waals surface area contributed by atoms with Crippen LogP contribution >= 0.6 is 27.3 Å². The molecule has 0 atom stereocenters. The van der Waals surface area contributed by atoms with Crippen LogP contribution in [0.2, 0.25) is 0 Å². The first-order chi connectivity index (χ1) is 12.7. The molecule has 0 N–H and O–H groups in total. The van der Waals surface area contributed by atoms with Gasteiger partial charge in [-0.05, 0) is 29.8 Å². The molecule has 3 aromatic rings. The van der Waals surface area contributed by atoms with E-state index in [1.807, 2.05) is 58.7 Å². The molecule has 5 nitrogen and oxygen atoms in total. The van der Waals surface area contributed by atoms with Gasteiger partial charge in [-0.3, -0.25) is 4.99 Å². The number of hydrogen-bond donors (Lipinski definition) is 0. The van der Waals surface area contributed by atoms with Crippen molar-refractivity contribution in [1.82, 2.24) is 4.68 Å². The minimum absolute atomic E-state index is 0.719. The predicted octanol–water partition coefficient (Wildman–Crippen LogP) is 4.41. The summed E-state index contributed by atoms with van der Waals surface area (Å²) in [6.07, 6.45) is 1.81. The summed E-state index contributed by atoms with van der Waals surface area (Å²) in [6.45, 7) is 0. The lowest BCUT2D eigenvalue weighted by Gasteiger charge is -2.10. The molecule has 3 rings (SSSR count). The molecule has 0 aliphatic rings. The third kappa shape index (κ3) is 3.89. The summed E-state index contributed by atoms with van der Waals surface area (Å²) in [5.41, 5.74) is 2.82. The van der Waals surface area contributed by atoms with Crippen molar-refractivity contribution in [3.8, 4) is 22.8 Å². The molecule has 7 heteroatoms. The van der Waals surface area contributed by atoms with Crippen molar-refractivity contribution in [3.63, 3.8) is 0 Å². The summed E-state index contributed by atoms with van der Waals surface area (Å²) in [6, 6.07) is 13.7. The number of thiazole rings is 1. The van der Waals surface area contributed by atoms with Crippen LogP contribution in [0.3, 0.4) is 0 Å². The highest BCUT2D eigenvalue weighted by Gasteiger charge is 2.13. The molecule has 0 amide bonds. The third-order valence-electron chi connectivity index (χ3n) is 3.73. The summed E-state index contributed by atoms with van der Waals surface area (Å²) in [7, 11) is 5.03. The predicted molar refractivity (Wildman–Crippen MR) is 109 cm³/mol. The van der Waals surface area contributed by atoms with E-state index in [2.05, 4.69) is 26.0 Å². The summed E-state index contributed by atoms with van der Waals surface area (Å²) in [4.78, 5) is 5.12. The second-order valence-corrected chi connectivity index (χ2v) is 7.06. The molecule has 0 bridgehead atoms. The maximum absolute atomic E-state index is 5.54. The Kier molecular flexibility index (Phi) is 5.90. The third-order valence-corrected chi connectivity index (χ3v) is 5.13. The van der Waals surface area contributed by atoms with Crippen molar-refractivity contribution >= 4 is 33.5 Å². The second-order valence-electron chi connectivity index (χ2n) is 5.30. The van der Waals surface area contributed by atoms with Crippen LogP contribution in [0, 0.1) is 0 Å². The number of hydrogen-bond acceptors (Lipinski definition) is 5. The van der Waals surface area contributed by atoms with Crippen molar-refractivity contribution < 1.29 is 9.47 Å². The molecule has 26 heavy (non-hydrogen) atoms. The molecule has 1 heterocycles. The topological polar surface area (TPSA) is 48.1 Å². The SMILES string of the molecule is CN=c1scc(-c2ccc(OC)cc2OC)n1N=Cc1cccc(Br)c1. The van der Waals surface area contributed by atoms with Gasteiger partial charge in [0.25, 0.3) is 0 Å². The normalized spacial score (nSPS) is 11.9. The molecule has 0 saturated heterocycles. The number of methoxy groups -OCH3 is 2. The molecule has 1 aromatic heterocycles. The number of ether oxygens (including phenoxy) is 2. The highest BCUT2D eigenvalue weighted by Crippen LogP contribution is 2.33. The van der Waals surface area contributed by atoms with E-state index >= 15 is 0 Å². The fourth-order valence-electron chi connectivity index (χ4n) is 2.47. The van der Waals surface area contributed by atoms with E-state index < -0.39 is 0 Å². The molecule has 0 aliphatic carbocycles. The molecule has 134 valence electrons. The summed E-state index contributed by atoms with van der Waals surface area (Å²) in [5.74, 6) is 1.46. The lowest BCUT2D eigenvalue weighted by atomic mass is 10.1. The summed E-state index contributed by atoms with van der Waals surface area (Å²) in [5, 5.41) is 6.66. The fraction of sp³-hybridized carbons (Fsp3) is 0.158. The quantitative estimate of drug-likeness (QED) is 0.561. The lowest BCUT2D eigenvalue weighted by molar-refractivity contribution is 0.395. The Morgan fingerprint density at radius 3 is 2.65 bits per heavy atom. The van der Waals surface area contributed by atoms with Crippen LogP contribution < -0.4 is 14.3 Å². The average molecular weight is 432 g/mol. The minimum Gasteiger partial charge on any atom is -0.497 e. The first-order valence-corrected chi connectivity index (χ1v) is 9.49. The fourth-order valence-corrected chi connectivity index (χ4v) is 3.68. The van der Waals surface area contributed by atoms with Crippen LogP contribution in [0.15, 0.2) is 62.4 Å². The Hall–Kier alpha value is -2.38. The smallest absolute Gasteiger partial charge is 0.205 e. The number of halogens is 1. The van der Waals surface area contributed by atoms with Gasteiger partial charge in [0.15, 0.2) is 0 Å². The molecule has 0 saturated carbocycles. The van der Waals surface area contributed by atoms with E-state index in [1.54, 1.807) is 21.3 Å². The molecular formula is C19H18BrN3O2S. The first-order valence-electron chi connectivity index (χ1n) is 7.82. The van der Waals surface area contributed by atoms with Gasteiger partial charge in [0.1, 0.15) is 11.5 Å². The van der Waals surface area contributed by atoms with Crippen molar-refractivity contribution in [2.75, 3.05) is 21.3 Å². The van der Waals surface area contributed by atoms with E-state index in [4.69, 9.17) is 9.47 Å². The molecule has 0 radical (unpaired) electrons. The maximum atomic E-state index is 5.54. The largest absolute Gasteiger partial charge is 0.497 e. The lowest BCUT2D eigenvalue weighted by Crippen LogP contribution is -2.11. The maximum Gasteiger partial charge on any atom is 0.205 e.